The molecule has 0 spiro atoms. The number of nitrogens with zero attached hydrogens (tertiary/aromatic N) is 4. The van der Waals surface area contributed by atoms with Crippen molar-refractivity contribution in [1.82, 2.24) is 20.2 Å². The fraction of sp³-hybridized carbons (Fsp3) is 0.310. The number of anilines is 1. The molecule has 0 saturated heterocycles. The molecule has 0 bridgehead atoms. The molecule has 0 aliphatic rings. The summed E-state index contributed by atoms with van der Waals surface area (Å²) in [6.45, 7) is 0.134. The second-order valence-electron chi connectivity index (χ2n) is 10.4. The zero-order valence-corrected chi connectivity index (χ0v) is 25.7. The number of benzene rings is 2. The number of carboxylic acid groups (broad SMARTS) is 1. The molecule has 0 aliphatic carbocycles. The number of imidazole rings is 1. The van der Waals surface area contributed by atoms with Crippen LogP contribution in [-0.4, -0.2) is 85.6 Å². The number of hydrogen-bond acceptors (Lipinski definition) is 8. The Hall–Kier alpha value is -5.07. The van der Waals surface area contributed by atoms with Gasteiger partial charge in [-0.15, -0.1) is 0 Å². The van der Waals surface area contributed by atoms with Gasteiger partial charge in [0.1, 0.15) is 6.07 Å². The summed E-state index contributed by atoms with van der Waals surface area (Å²) in [4.78, 5) is 49.6. The van der Waals surface area contributed by atoms with E-state index >= 15 is 0 Å². The van der Waals surface area contributed by atoms with Crippen LogP contribution in [0.3, 0.4) is 0 Å². The number of ether oxygens (including phenoxy) is 1. The highest BCUT2D eigenvalue weighted by molar-refractivity contribution is 6.34. The number of hydrogen-bond donors (Lipinski definition) is 3. The van der Waals surface area contributed by atoms with Crippen molar-refractivity contribution in [2.24, 2.45) is 7.05 Å². The van der Waals surface area contributed by atoms with Gasteiger partial charge in [0.15, 0.2) is 30.5 Å². The predicted molar refractivity (Wildman–Crippen MR) is 158 cm³/mol. The van der Waals surface area contributed by atoms with Crippen LogP contribution < -0.4 is 25.8 Å². The Labute approximate surface area is 262 Å². The lowest BCUT2D eigenvalue weighted by atomic mass is 10.1. The molecule has 3 amide bonds. The number of carbonyl (C=O) groups is 4. The number of carbonyl (C=O) groups excluding carboxylic acids is 4. The summed E-state index contributed by atoms with van der Waals surface area (Å²) in [6.07, 6.45) is 1.75. The number of rotatable bonds is 12. The summed E-state index contributed by atoms with van der Waals surface area (Å²) in [5.74, 6) is -4.13. The van der Waals surface area contributed by atoms with Crippen molar-refractivity contribution >= 4 is 41.5 Å². The third kappa shape index (κ3) is 10.6. The lowest BCUT2D eigenvalue weighted by Crippen LogP contribution is -2.44. The highest BCUT2D eigenvalue weighted by Crippen LogP contribution is 2.30. The molecule has 45 heavy (non-hydrogen) atoms. The standard InChI is InChI=1S/C28H30ClF2N7O4.CH2O2/c1-37-21(19-8-9-22(42-13-10-32)25(31)24(19)30)15-35-26(37)28(41)36-17-6-7-18(20(29)14-17)27(40)34-12-5-11-33-23(39)16-38(2,3)4;2-1-3/h6-9,14-15H,5,11-13,16H2,1-4H3,(H2-,33,34,36,39,40,41);1H,(H,2,3). The first-order chi connectivity index (χ1) is 21.2. The van der Waals surface area contributed by atoms with E-state index in [0.29, 0.717) is 30.5 Å². The molecule has 1 heterocycles. The van der Waals surface area contributed by atoms with Crippen LogP contribution in [0.5, 0.6) is 5.75 Å². The van der Waals surface area contributed by atoms with Crippen LogP contribution in [0.25, 0.3) is 11.3 Å². The summed E-state index contributed by atoms with van der Waals surface area (Å²) in [6, 6.07) is 8.46. The van der Waals surface area contributed by atoms with E-state index in [2.05, 4.69) is 20.9 Å². The maximum Gasteiger partial charge on any atom is 0.291 e. The maximum atomic E-state index is 14.7. The molecule has 1 aromatic heterocycles. The Balaban J connectivity index is 0.00000226. The van der Waals surface area contributed by atoms with E-state index in [1.165, 1.54) is 48.1 Å². The highest BCUT2D eigenvalue weighted by atomic mass is 35.5. The van der Waals surface area contributed by atoms with Crippen LogP contribution in [0.2, 0.25) is 5.02 Å². The molecule has 240 valence electrons. The van der Waals surface area contributed by atoms with Crippen LogP contribution in [0, 0.1) is 23.0 Å². The molecule has 0 saturated carbocycles. The molecular formula is C29H32ClF2N7O6. The van der Waals surface area contributed by atoms with Crippen LogP contribution >= 0.6 is 11.6 Å². The molecule has 0 aliphatic heterocycles. The third-order valence-corrected chi connectivity index (χ3v) is 6.17. The van der Waals surface area contributed by atoms with Gasteiger partial charge in [-0.3, -0.25) is 14.4 Å². The SMILES string of the molecule is Cn1c(-c2ccc(OCC#N)c(F)c2F)cnc1C(=O)Nc1ccc(C(=O)NCCCNC(=O)C[N+](C)(C)C)c(Cl)c1.O=C[O-]. The first-order valence-corrected chi connectivity index (χ1v) is 13.6. The van der Waals surface area contributed by atoms with Crippen molar-refractivity contribution in [3.8, 4) is 23.1 Å². The van der Waals surface area contributed by atoms with Crippen molar-refractivity contribution in [2.75, 3.05) is 52.7 Å². The Morgan fingerprint density at radius 1 is 1.11 bits per heavy atom. The number of amides is 3. The number of likely N-dealkylation sites (N-methyl/N-ethyl adjacent to an activating group) is 1. The van der Waals surface area contributed by atoms with Gasteiger partial charge in [0.2, 0.25) is 5.82 Å². The van der Waals surface area contributed by atoms with Crippen LogP contribution in [0.15, 0.2) is 36.5 Å². The van der Waals surface area contributed by atoms with E-state index in [0.717, 1.165) is 0 Å². The Bertz CT molecular complexity index is 1580. The number of nitriles is 1. The van der Waals surface area contributed by atoms with E-state index in [9.17, 15) is 23.2 Å². The third-order valence-electron chi connectivity index (χ3n) is 5.86. The van der Waals surface area contributed by atoms with Gasteiger partial charge in [-0.2, -0.15) is 9.65 Å². The van der Waals surface area contributed by atoms with Crippen molar-refractivity contribution in [3.63, 3.8) is 0 Å². The van der Waals surface area contributed by atoms with Crippen LogP contribution in [0.4, 0.5) is 14.5 Å². The van der Waals surface area contributed by atoms with Gasteiger partial charge >= 0.3 is 0 Å². The van der Waals surface area contributed by atoms with Gasteiger partial charge in [-0.1, -0.05) is 11.6 Å². The maximum absolute atomic E-state index is 14.7. The average molecular weight is 648 g/mol. The van der Waals surface area contributed by atoms with E-state index in [-0.39, 0.29) is 39.3 Å². The predicted octanol–water partition coefficient (Wildman–Crippen LogP) is 1.48. The van der Waals surface area contributed by atoms with Crippen LogP contribution in [-0.2, 0) is 16.6 Å². The fourth-order valence-electron chi connectivity index (χ4n) is 3.89. The summed E-state index contributed by atoms with van der Waals surface area (Å²) < 4.78 is 35.8. The number of quaternary nitrogens is 1. The van der Waals surface area contributed by atoms with Crippen molar-refractivity contribution in [3.05, 3.63) is 64.6 Å². The smallest absolute Gasteiger partial charge is 0.291 e. The molecule has 0 unspecified atom stereocenters. The van der Waals surface area contributed by atoms with Gasteiger partial charge < -0.3 is 39.6 Å². The van der Waals surface area contributed by atoms with E-state index in [1.54, 1.807) is 6.07 Å². The molecule has 3 N–H and O–H groups in total. The van der Waals surface area contributed by atoms with Crippen molar-refractivity contribution in [1.29, 1.82) is 5.26 Å². The second kappa shape index (κ2) is 16.7. The number of halogens is 3. The molecule has 3 aromatic rings. The van der Waals surface area contributed by atoms with Crippen molar-refractivity contribution in [2.45, 2.75) is 6.42 Å². The number of aromatic nitrogens is 2. The molecule has 13 nitrogen and oxygen atoms in total. The summed E-state index contributed by atoms with van der Waals surface area (Å²) in [7, 11) is 7.21. The summed E-state index contributed by atoms with van der Waals surface area (Å²) in [5.41, 5.74) is 0.446. The second-order valence-corrected chi connectivity index (χ2v) is 10.8. The first-order valence-electron chi connectivity index (χ1n) is 13.3. The minimum atomic E-state index is -1.27. The lowest BCUT2D eigenvalue weighted by Gasteiger charge is -2.22. The van der Waals surface area contributed by atoms with Gasteiger partial charge in [-0.25, -0.2) is 9.37 Å². The largest absolute Gasteiger partial charge is 0.554 e. The molecule has 0 fully saturated rings. The van der Waals surface area contributed by atoms with E-state index in [1.807, 2.05) is 21.1 Å². The monoisotopic (exact) mass is 647 g/mol. The Kier molecular flexibility index (Phi) is 13.4. The molecule has 16 heteroatoms. The lowest BCUT2D eigenvalue weighted by molar-refractivity contribution is -0.862. The average Bonchev–Trinajstić information content (AvgIpc) is 3.34. The van der Waals surface area contributed by atoms with Gasteiger partial charge in [-0.05, 0) is 36.8 Å². The van der Waals surface area contributed by atoms with Gasteiger partial charge in [0.05, 0.1) is 43.6 Å². The van der Waals surface area contributed by atoms with E-state index in [4.69, 9.17) is 31.5 Å². The minimum Gasteiger partial charge on any atom is -0.554 e. The van der Waals surface area contributed by atoms with Gasteiger partial charge in [0, 0.05) is 37.9 Å². The molecule has 0 atom stereocenters. The summed E-state index contributed by atoms with van der Waals surface area (Å²) >= 11 is 6.29. The molecule has 0 radical (unpaired) electrons. The van der Waals surface area contributed by atoms with Crippen LogP contribution in [0.1, 0.15) is 27.4 Å². The van der Waals surface area contributed by atoms with Crippen molar-refractivity contribution < 1.29 is 42.3 Å². The minimum absolute atomic E-state index is 0.0747. The molecular weight excluding hydrogens is 616 g/mol. The molecule has 3 rings (SSSR count). The first kappa shape index (κ1) is 36.1. The topological polar surface area (TPSA) is 178 Å². The highest BCUT2D eigenvalue weighted by Gasteiger charge is 2.22. The normalized spacial score (nSPS) is 10.5. The Morgan fingerprint density at radius 3 is 2.40 bits per heavy atom. The Morgan fingerprint density at radius 2 is 1.78 bits per heavy atom. The zero-order valence-electron chi connectivity index (χ0n) is 24.9. The zero-order chi connectivity index (χ0) is 33.7. The quantitative estimate of drug-likeness (QED) is 0.150. The van der Waals surface area contributed by atoms with E-state index < -0.39 is 42.3 Å². The number of nitrogens with one attached hydrogen (secondary N) is 3. The summed E-state index contributed by atoms with van der Waals surface area (Å²) in [5, 5.41) is 25.1. The molecule has 2 aromatic carbocycles. The van der Waals surface area contributed by atoms with Gasteiger partial charge in [0.25, 0.3) is 17.7 Å². The fourth-order valence-corrected chi connectivity index (χ4v) is 4.15.